The Morgan fingerprint density at radius 3 is 2.57 bits per heavy atom. The van der Waals surface area contributed by atoms with Crippen molar-refractivity contribution >= 4 is 43.4 Å². The zero-order valence-electron chi connectivity index (χ0n) is 17.0. The van der Waals surface area contributed by atoms with Gasteiger partial charge >= 0.3 is 0 Å². The molecule has 0 unspecified atom stereocenters. The number of piperazine rings is 1. The van der Waals surface area contributed by atoms with E-state index in [4.69, 9.17) is 0 Å². The average Bonchev–Trinajstić information content (AvgIpc) is 2.74. The number of benzene rings is 1. The molecule has 0 aliphatic carbocycles. The lowest BCUT2D eigenvalue weighted by Crippen LogP contribution is -2.45. The molecule has 0 radical (unpaired) electrons. The van der Waals surface area contributed by atoms with Crippen LogP contribution in [0.15, 0.2) is 45.9 Å². The maximum Gasteiger partial charge on any atom is 0.261 e. The Balaban J connectivity index is 1.92. The third-order valence-corrected chi connectivity index (χ3v) is 6.82. The summed E-state index contributed by atoms with van der Waals surface area (Å²) >= 11 is 3.30. The van der Waals surface area contributed by atoms with Crippen molar-refractivity contribution in [2.75, 3.05) is 35.8 Å². The monoisotopic (exact) mass is 495 g/mol. The molecule has 30 heavy (non-hydrogen) atoms. The number of hydrogen-bond donors (Lipinski definition) is 3. The van der Waals surface area contributed by atoms with Gasteiger partial charge in [0.1, 0.15) is 5.82 Å². The lowest BCUT2D eigenvalue weighted by atomic mass is 10.1. The molecule has 1 atom stereocenters. The fraction of sp³-hybridized carbons (Fsp3) is 0.400. The quantitative estimate of drug-likeness (QED) is 0.545. The summed E-state index contributed by atoms with van der Waals surface area (Å²) in [5.74, 6) is 0.291. The van der Waals surface area contributed by atoms with Gasteiger partial charge in [-0.2, -0.15) is 0 Å². The summed E-state index contributed by atoms with van der Waals surface area (Å²) in [6.07, 6.45) is 2.24. The van der Waals surface area contributed by atoms with E-state index < -0.39 is 10.0 Å². The molecule has 1 aliphatic rings. The smallest absolute Gasteiger partial charge is 0.261 e. The number of anilines is 2. The minimum Gasteiger partial charge on any atom is -0.353 e. The predicted octanol–water partition coefficient (Wildman–Crippen LogP) is 2.58. The molecule has 3 rings (SSSR count). The molecular weight excluding hydrogens is 470 g/mol. The number of hydrogen-bond acceptors (Lipinski definition) is 6. The highest BCUT2D eigenvalue weighted by atomic mass is 79.9. The van der Waals surface area contributed by atoms with Gasteiger partial charge in [-0.3, -0.25) is 9.52 Å². The van der Waals surface area contributed by atoms with E-state index >= 15 is 0 Å². The number of nitrogens with one attached hydrogen (secondary N) is 3. The molecule has 8 nitrogen and oxygen atoms in total. The number of aromatic nitrogens is 1. The van der Waals surface area contributed by atoms with Crippen LogP contribution in [-0.4, -0.2) is 51.5 Å². The molecule has 0 spiro atoms. The second-order valence-corrected chi connectivity index (χ2v) is 9.77. The van der Waals surface area contributed by atoms with Gasteiger partial charge in [-0.25, -0.2) is 13.4 Å². The lowest BCUT2D eigenvalue weighted by molar-refractivity contribution is 0.0939. The van der Waals surface area contributed by atoms with Gasteiger partial charge in [0.2, 0.25) is 0 Å². The third-order valence-electron chi connectivity index (χ3n) is 4.89. The minimum absolute atomic E-state index is 0.00325. The maximum atomic E-state index is 12.9. The molecule has 1 fully saturated rings. The number of carbonyl (C=O) groups excluding carboxylic acids is 1. The number of carbonyl (C=O) groups is 1. The predicted molar refractivity (Wildman–Crippen MR) is 121 cm³/mol. The second kappa shape index (κ2) is 9.76. The molecule has 2 aromatic rings. The van der Waals surface area contributed by atoms with Crippen LogP contribution in [0, 0.1) is 0 Å². The van der Waals surface area contributed by atoms with Gasteiger partial charge in [0.25, 0.3) is 15.9 Å². The van der Waals surface area contributed by atoms with E-state index in [0.29, 0.717) is 11.4 Å². The first-order chi connectivity index (χ1) is 14.3. The summed E-state index contributed by atoms with van der Waals surface area (Å²) in [6, 6.07) is 7.88. The van der Waals surface area contributed by atoms with E-state index in [1.165, 1.54) is 18.3 Å². The SMILES string of the molecule is CC[C@@H](C)NC(=O)c1cc(NS(=O)(=O)c2ccc(Br)cc2)cnc1N1CCNCC1. The Labute approximate surface area is 185 Å². The van der Waals surface area contributed by atoms with Crippen LogP contribution >= 0.6 is 15.9 Å². The van der Waals surface area contributed by atoms with Gasteiger partial charge in [0.15, 0.2) is 0 Å². The van der Waals surface area contributed by atoms with Crippen molar-refractivity contribution in [3.8, 4) is 0 Å². The van der Waals surface area contributed by atoms with Gasteiger partial charge in [-0.15, -0.1) is 0 Å². The number of pyridine rings is 1. The van der Waals surface area contributed by atoms with Gasteiger partial charge in [-0.1, -0.05) is 22.9 Å². The minimum atomic E-state index is -3.80. The average molecular weight is 496 g/mol. The fourth-order valence-electron chi connectivity index (χ4n) is 3.04. The fourth-order valence-corrected chi connectivity index (χ4v) is 4.34. The summed E-state index contributed by atoms with van der Waals surface area (Å²) in [5, 5.41) is 6.22. The summed E-state index contributed by atoms with van der Waals surface area (Å²) in [7, 11) is -3.80. The molecule has 162 valence electrons. The van der Waals surface area contributed by atoms with Gasteiger partial charge in [-0.05, 0) is 43.7 Å². The molecular formula is C20H26BrN5O3S. The van der Waals surface area contributed by atoms with Gasteiger partial charge in [0, 0.05) is 36.7 Å². The van der Waals surface area contributed by atoms with Crippen molar-refractivity contribution in [1.82, 2.24) is 15.6 Å². The Morgan fingerprint density at radius 2 is 1.93 bits per heavy atom. The van der Waals surface area contributed by atoms with Crippen molar-refractivity contribution < 1.29 is 13.2 Å². The van der Waals surface area contributed by atoms with Crippen LogP contribution in [0.1, 0.15) is 30.6 Å². The molecule has 10 heteroatoms. The number of amides is 1. The molecule has 1 aliphatic heterocycles. The summed E-state index contributed by atoms with van der Waals surface area (Å²) in [5.41, 5.74) is 0.597. The van der Waals surface area contributed by atoms with E-state index in [9.17, 15) is 13.2 Å². The first-order valence-electron chi connectivity index (χ1n) is 9.85. The van der Waals surface area contributed by atoms with Crippen molar-refractivity contribution in [2.45, 2.75) is 31.2 Å². The van der Waals surface area contributed by atoms with Crippen LogP contribution in [-0.2, 0) is 10.0 Å². The number of sulfonamides is 1. The maximum absolute atomic E-state index is 12.9. The first-order valence-corrected chi connectivity index (χ1v) is 12.1. The van der Waals surface area contributed by atoms with E-state index in [0.717, 1.165) is 37.1 Å². The summed E-state index contributed by atoms with van der Waals surface area (Å²) in [6.45, 7) is 6.96. The van der Waals surface area contributed by atoms with Crippen molar-refractivity contribution in [1.29, 1.82) is 0 Å². The Kier molecular flexibility index (Phi) is 7.32. The summed E-state index contributed by atoms with van der Waals surface area (Å²) < 4.78 is 28.8. The van der Waals surface area contributed by atoms with Crippen LogP contribution < -0.4 is 20.3 Å². The molecule has 1 aromatic heterocycles. The van der Waals surface area contributed by atoms with Crippen LogP contribution in [0.2, 0.25) is 0 Å². The van der Waals surface area contributed by atoms with Crippen LogP contribution in [0.5, 0.6) is 0 Å². The topological polar surface area (TPSA) is 103 Å². The van der Waals surface area contributed by atoms with E-state index in [2.05, 4.69) is 36.3 Å². The highest BCUT2D eigenvalue weighted by Gasteiger charge is 2.23. The Bertz CT molecular complexity index is 992. The third kappa shape index (κ3) is 5.50. The second-order valence-electron chi connectivity index (χ2n) is 7.17. The highest BCUT2D eigenvalue weighted by Crippen LogP contribution is 2.24. The Morgan fingerprint density at radius 1 is 1.27 bits per heavy atom. The van der Waals surface area contributed by atoms with E-state index in [-0.39, 0.29) is 22.5 Å². The molecule has 1 aromatic carbocycles. The summed E-state index contributed by atoms with van der Waals surface area (Å²) in [4.78, 5) is 19.5. The van der Waals surface area contributed by atoms with Crippen molar-refractivity contribution in [2.24, 2.45) is 0 Å². The highest BCUT2D eigenvalue weighted by molar-refractivity contribution is 9.10. The molecule has 1 amide bonds. The molecule has 0 bridgehead atoms. The van der Waals surface area contributed by atoms with E-state index in [1.807, 2.05) is 18.7 Å². The Hall–Kier alpha value is -2.17. The lowest BCUT2D eigenvalue weighted by Gasteiger charge is -2.30. The first kappa shape index (κ1) is 22.5. The number of rotatable bonds is 7. The van der Waals surface area contributed by atoms with Crippen LogP contribution in [0.25, 0.3) is 0 Å². The number of nitrogens with zero attached hydrogens (tertiary/aromatic N) is 2. The molecule has 3 N–H and O–H groups in total. The van der Waals surface area contributed by atoms with Gasteiger partial charge in [0.05, 0.1) is 22.3 Å². The zero-order valence-corrected chi connectivity index (χ0v) is 19.4. The van der Waals surface area contributed by atoms with Crippen molar-refractivity contribution in [3.05, 3.63) is 46.6 Å². The van der Waals surface area contributed by atoms with Gasteiger partial charge < -0.3 is 15.5 Å². The zero-order chi connectivity index (χ0) is 21.7. The normalized spacial score (nSPS) is 15.5. The molecule has 1 saturated heterocycles. The number of halogens is 1. The standard InChI is InChI=1S/C20H26BrN5O3S/c1-3-14(2)24-20(27)18-12-16(13-23-19(18)26-10-8-22-9-11-26)25-30(28,29)17-6-4-15(21)5-7-17/h4-7,12-14,22,25H,3,8-11H2,1-2H3,(H,24,27)/t14-/m1/s1. The van der Waals surface area contributed by atoms with E-state index in [1.54, 1.807) is 18.2 Å². The molecule has 2 heterocycles. The molecule has 0 saturated carbocycles. The van der Waals surface area contributed by atoms with Crippen LogP contribution in [0.4, 0.5) is 11.5 Å². The largest absolute Gasteiger partial charge is 0.353 e. The van der Waals surface area contributed by atoms with Crippen LogP contribution in [0.3, 0.4) is 0 Å². The van der Waals surface area contributed by atoms with Crippen molar-refractivity contribution in [3.63, 3.8) is 0 Å².